The molecule has 3 N–H and O–H groups in total. The molecule has 114 valence electrons. The fraction of sp³-hybridized carbons (Fsp3) is 0.467. The third-order valence-corrected chi connectivity index (χ3v) is 4.32. The first kappa shape index (κ1) is 16.0. The van der Waals surface area contributed by atoms with E-state index in [-0.39, 0.29) is 24.5 Å². The van der Waals surface area contributed by atoms with Crippen LogP contribution in [0.3, 0.4) is 0 Å². The topological polar surface area (TPSA) is 78.4 Å². The molecule has 21 heavy (non-hydrogen) atoms. The minimum absolute atomic E-state index is 0.0462. The highest BCUT2D eigenvalue weighted by molar-refractivity contribution is 9.10. The van der Waals surface area contributed by atoms with Gasteiger partial charge in [-0.1, -0.05) is 12.1 Å². The van der Waals surface area contributed by atoms with Crippen molar-refractivity contribution >= 4 is 27.7 Å². The van der Waals surface area contributed by atoms with Crippen LogP contribution in [0.25, 0.3) is 0 Å². The van der Waals surface area contributed by atoms with Gasteiger partial charge in [0.25, 0.3) is 5.91 Å². The maximum atomic E-state index is 11.9. The van der Waals surface area contributed by atoms with Gasteiger partial charge in [0.2, 0.25) is 5.91 Å². The van der Waals surface area contributed by atoms with Crippen molar-refractivity contribution < 1.29 is 14.7 Å². The SMILES string of the molecule is O=C(CNC(=O)c1ccccc1Br)NCC1CCC(O)C1. The summed E-state index contributed by atoms with van der Waals surface area (Å²) >= 11 is 3.30. The van der Waals surface area contributed by atoms with Crippen molar-refractivity contribution in [3.05, 3.63) is 34.3 Å². The van der Waals surface area contributed by atoms with Crippen LogP contribution < -0.4 is 10.6 Å². The molecule has 2 atom stereocenters. The molecule has 0 bridgehead atoms. The van der Waals surface area contributed by atoms with Gasteiger partial charge >= 0.3 is 0 Å². The summed E-state index contributed by atoms with van der Waals surface area (Å²) in [5.74, 6) is -0.159. The lowest BCUT2D eigenvalue weighted by Crippen LogP contribution is -2.38. The molecular weight excluding hydrogens is 336 g/mol. The van der Waals surface area contributed by atoms with E-state index in [2.05, 4.69) is 26.6 Å². The van der Waals surface area contributed by atoms with Gasteiger partial charge in [-0.3, -0.25) is 9.59 Å². The summed E-state index contributed by atoms with van der Waals surface area (Å²) in [6.45, 7) is 0.510. The Labute approximate surface area is 132 Å². The normalized spacial score (nSPS) is 21.0. The summed E-state index contributed by atoms with van der Waals surface area (Å²) < 4.78 is 0.697. The standard InChI is InChI=1S/C15H19BrN2O3/c16-13-4-2-1-3-12(13)15(21)18-9-14(20)17-8-10-5-6-11(19)7-10/h1-4,10-11,19H,5-9H2,(H,17,20)(H,18,21). The molecule has 0 heterocycles. The molecule has 0 radical (unpaired) electrons. The van der Waals surface area contributed by atoms with E-state index in [0.717, 1.165) is 19.3 Å². The van der Waals surface area contributed by atoms with E-state index in [1.54, 1.807) is 18.2 Å². The van der Waals surface area contributed by atoms with Crippen molar-refractivity contribution in [1.29, 1.82) is 0 Å². The summed E-state index contributed by atoms with van der Waals surface area (Å²) in [5, 5.41) is 14.8. The quantitative estimate of drug-likeness (QED) is 0.748. The third-order valence-electron chi connectivity index (χ3n) is 3.63. The number of halogens is 1. The number of aliphatic hydroxyl groups excluding tert-OH is 1. The number of amides is 2. The second-order valence-electron chi connectivity index (χ2n) is 5.30. The number of carbonyl (C=O) groups excluding carboxylic acids is 2. The first-order valence-corrected chi connectivity index (χ1v) is 7.83. The largest absolute Gasteiger partial charge is 0.393 e. The van der Waals surface area contributed by atoms with Crippen molar-refractivity contribution in [2.45, 2.75) is 25.4 Å². The van der Waals surface area contributed by atoms with Crippen molar-refractivity contribution in [1.82, 2.24) is 10.6 Å². The number of rotatable bonds is 5. The molecule has 1 saturated carbocycles. The van der Waals surface area contributed by atoms with Gasteiger partial charge in [0.1, 0.15) is 0 Å². The van der Waals surface area contributed by atoms with Crippen molar-refractivity contribution in [3.63, 3.8) is 0 Å². The van der Waals surface area contributed by atoms with Gasteiger partial charge in [-0.2, -0.15) is 0 Å². The van der Waals surface area contributed by atoms with Crippen LogP contribution in [0.1, 0.15) is 29.6 Å². The zero-order chi connectivity index (χ0) is 15.2. The summed E-state index contributed by atoms with van der Waals surface area (Å²) in [6, 6.07) is 7.06. The van der Waals surface area contributed by atoms with E-state index in [9.17, 15) is 14.7 Å². The van der Waals surface area contributed by atoms with Crippen LogP contribution in [0.5, 0.6) is 0 Å². The smallest absolute Gasteiger partial charge is 0.252 e. The van der Waals surface area contributed by atoms with Gasteiger partial charge in [-0.15, -0.1) is 0 Å². The zero-order valence-electron chi connectivity index (χ0n) is 11.6. The van der Waals surface area contributed by atoms with Crippen LogP contribution in [-0.4, -0.2) is 36.1 Å². The fourth-order valence-corrected chi connectivity index (χ4v) is 2.92. The second kappa shape index (κ2) is 7.56. The van der Waals surface area contributed by atoms with E-state index >= 15 is 0 Å². The van der Waals surface area contributed by atoms with Crippen molar-refractivity contribution in [2.75, 3.05) is 13.1 Å². The van der Waals surface area contributed by atoms with Crippen LogP contribution in [-0.2, 0) is 4.79 Å². The molecule has 2 rings (SSSR count). The molecule has 6 heteroatoms. The number of hydrogen-bond acceptors (Lipinski definition) is 3. The molecule has 5 nitrogen and oxygen atoms in total. The van der Waals surface area contributed by atoms with E-state index in [4.69, 9.17) is 0 Å². The highest BCUT2D eigenvalue weighted by Gasteiger charge is 2.22. The number of benzene rings is 1. The number of carbonyl (C=O) groups is 2. The molecule has 1 aromatic carbocycles. The van der Waals surface area contributed by atoms with Crippen LogP contribution in [0, 0.1) is 5.92 Å². The predicted molar refractivity (Wildman–Crippen MR) is 82.8 cm³/mol. The summed E-state index contributed by atoms with van der Waals surface area (Å²) in [7, 11) is 0. The second-order valence-corrected chi connectivity index (χ2v) is 6.15. The van der Waals surface area contributed by atoms with E-state index in [1.807, 2.05) is 6.07 Å². The third kappa shape index (κ3) is 4.82. The number of nitrogens with one attached hydrogen (secondary N) is 2. The van der Waals surface area contributed by atoms with E-state index < -0.39 is 0 Å². The van der Waals surface area contributed by atoms with E-state index in [0.29, 0.717) is 22.5 Å². The van der Waals surface area contributed by atoms with Gasteiger partial charge in [-0.05, 0) is 53.2 Å². The molecule has 2 amide bonds. The Bertz CT molecular complexity index is 521. The minimum atomic E-state index is -0.283. The summed E-state index contributed by atoms with van der Waals surface area (Å²) in [4.78, 5) is 23.6. The van der Waals surface area contributed by atoms with Crippen molar-refractivity contribution in [3.8, 4) is 0 Å². The Morgan fingerprint density at radius 1 is 1.24 bits per heavy atom. The van der Waals surface area contributed by atoms with Gasteiger partial charge in [0, 0.05) is 11.0 Å². The molecule has 0 saturated heterocycles. The Morgan fingerprint density at radius 3 is 2.67 bits per heavy atom. The average molecular weight is 355 g/mol. The molecule has 1 aliphatic carbocycles. The Morgan fingerprint density at radius 2 is 2.00 bits per heavy atom. The Kier molecular flexibility index (Phi) is 5.76. The maximum Gasteiger partial charge on any atom is 0.252 e. The Balaban J connectivity index is 1.71. The van der Waals surface area contributed by atoms with Crippen LogP contribution in [0.4, 0.5) is 0 Å². The number of aliphatic hydroxyl groups is 1. The maximum absolute atomic E-state index is 11.9. The summed E-state index contributed by atoms with van der Waals surface area (Å²) in [6.07, 6.45) is 2.25. The fourth-order valence-electron chi connectivity index (χ4n) is 2.46. The zero-order valence-corrected chi connectivity index (χ0v) is 13.2. The molecule has 2 unspecified atom stereocenters. The first-order chi connectivity index (χ1) is 10.1. The van der Waals surface area contributed by atoms with Crippen molar-refractivity contribution in [2.24, 2.45) is 5.92 Å². The molecule has 0 aromatic heterocycles. The highest BCUT2D eigenvalue weighted by atomic mass is 79.9. The van der Waals surface area contributed by atoms with Crippen LogP contribution in [0.15, 0.2) is 28.7 Å². The van der Waals surface area contributed by atoms with Gasteiger partial charge < -0.3 is 15.7 Å². The predicted octanol–water partition coefficient (Wildman–Crippen LogP) is 1.46. The van der Waals surface area contributed by atoms with Crippen LogP contribution >= 0.6 is 15.9 Å². The molecule has 1 aromatic rings. The lowest BCUT2D eigenvalue weighted by Gasteiger charge is -2.11. The van der Waals surface area contributed by atoms with Gasteiger partial charge in [0.05, 0.1) is 18.2 Å². The average Bonchev–Trinajstić information content (AvgIpc) is 2.89. The number of hydrogen-bond donors (Lipinski definition) is 3. The molecule has 0 spiro atoms. The van der Waals surface area contributed by atoms with Crippen LogP contribution in [0.2, 0.25) is 0 Å². The molecule has 0 aliphatic heterocycles. The molecule has 1 fully saturated rings. The minimum Gasteiger partial charge on any atom is -0.393 e. The lowest BCUT2D eigenvalue weighted by molar-refractivity contribution is -0.120. The molecular formula is C15H19BrN2O3. The van der Waals surface area contributed by atoms with Gasteiger partial charge in [-0.25, -0.2) is 0 Å². The monoisotopic (exact) mass is 354 g/mol. The van der Waals surface area contributed by atoms with Gasteiger partial charge in [0.15, 0.2) is 0 Å². The highest BCUT2D eigenvalue weighted by Crippen LogP contribution is 2.24. The van der Waals surface area contributed by atoms with E-state index in [1.165, 1.54) is 0 Å². The lowest BCUT2D eigenvalue weighted by atomic mass is 10.1. The summed E-state index contributed by atoms with van der Waals surface area (Å²) in [5.41, 5.74) is 0.504. The first-order valence-electron chi connectivity index (χ1n) is 7.03. The Hall–Kier alpha value is -1.40. The molecule has 1 aliphatic rings.